The minimum absolute atomic E-state index is 0.0976. The summed E-state index contributed by atoms with van der Waals surface area (Å²) in [5, 5.41) is 3.17. The molecular formula is C20H22ClN3O4S2. The molecule has 0 aliphatic rings. The van der Waals surface area contributed by atoms with Gasteiger partial charge < -0.3 is 9.88 Å². The smallest absolute Gasteiger partial charge is 0.307 e. The molecule has 3 aromatic rings. The normalized spacial score (nSPS) is 12.7. The van der Waals surface area contributed by atoms with Gasteiger partial charge in [-0.05, 0) is 49.2 Å². The number of fused-ring (bicyclic) bond motifs is 1. The number of carbonyl (C=O) groups excluding carboxylic acids is 1. The highest BCUT2D eigenvalue weighted by Crippen LogP contribution is 2.30. The summed E-state index contributed by atoms with van der Waals surface area (Å²) in [5.74, 6) is -0.468. The van der Waals surface area contributed by atoms with Crippen LogP contribution in [0.15, 0.2) is 41.2 Å². The van der Waals surface area contributed by atoms with E-state index in [1.807, 2.05) is 0 Å². The minimum Gasteiger partial charge on any atom is -0.324 e. The molecule has 1 atom stereocenters. The molecular weight excluding hydrogens is 446 g/mol. The van der Waals surface area contributed by atoms with Crippen molar-refractivity contribution in [2.45, 2.75) is 26.3 Å². The molecule has 0 fully saturated rings. The van der Waals surface area contributed by atoms with Gasteiger partial charge in [-0.2, -0.15) is 0 Å². The summed E-state index contributed by atoms with van der Waals surface area (Å²) in [4.78, 5) is 24.9. The van der Waals surface area contributed by atoms with Crippen LogP contribution in [0.25, 0.3) is 10.2 Å². The van der Waals surface area contributed by atoms with Crippen molar-refractivity contribution in [3.8, 4) is 0 Å². The summed E-state index contributed by atoms with van der Waals surface area (Å²) < 4.78 is 28.7. The molecule has 1 amide bonds. The molecule has 7 nitrogen and oxygen atoms in total. The second kappa shape index (κ2) is 8.41. The van der Waals surface area contributed by atoms with Crippen LogP contribution >= 0.6 is 22.9 Å². The molecule has 0 saturated carbocycles. The van der Waals surface area contributed by atoms with Crippen molar-refractivity contribution in [1.29, 1.82) is 0 Å². The molecule has 30 heavy (non-hydrogen) atoms. The van der Waals surface area contributed by atoms with Gasteiger partial charge in [0.15, 0.2) is 0 Å². The molecule has 0 unspecified atom stereocenters. The first-order valence-electron chi connectivity index (χ1n) is 9.19. The fourth-order valence-corrected chi connectivity index (χ4v) is 5.64. The van der Waals surface area contributed by atoms with Crippen LogP contribution < -0.4 is 14.5 Å². The van der Waals surface area contributed by atoms with Gasteiger partial charge in [0.1, 0.15) is 6.04 Å². The van der Waals surface area contributed by atoms with E-state index in [-0.39, 0.29) is 11.3 Å². The van der Waals surface area contributed by atoms with Crippen LogP contribution in [0.5, 0.6) is 0 Å². The summed E-state index contributed by atoms with van der Waals surface area (Å²) in [5.41, 5.74) is 2.31. The van der Waals surface area contributed by atoms with Crippen LogP contribution in [-0.4, -0.2) is 31.2 Å². The number of hydrogen-bond donors (Lipinski definition) is 1. The second-order valence-electron chi connectivity index (χ2n) is 7.01. The average Bonchev–Trinajstić information content (AvgIpc) is 2.94. The third kappa shape index (κ3) is 4.38. The highest BCUT2D eigenvalue weighted by Gasteiger charge is 2.32. The Morgan fingerprint density at radius 3 is 2.60 bits per heavy atom. The number of rotatable bonds is 6. The lowest BCUT2D eigenvalue weighted by molar-refractivity contribution is -0.117. The predicted molar refractivity (Wildman–Crippen MR) is 123 cm³/mol. The van der Waals surface area contributed by atoms with Gasteiger partial charge in [-0.1, -0.05) is 35.9 Å². The number of sulfonamides is 1. The van der Waals surface area contributed by atoms with Gasteiger partial charge in [0, 0.05) is 17.8 Å². The number of hydrogen-bond acceptors (Lipinski definition) is 5. The average molecular weight is 468 g/mol. The number of nitrogens with one attached hydrogen (secondary N) is 1. The van der Waals surface area contributed by atoms with Crippen molar-refractivity contribution < 1.29 is 13.2 Å². The number of nitrogens with zero attached hydrogens (tertiary/aromatic N) is 2. The van der Waals surface area contributed by atoms with Crippen molar-refractivity contribution in [1.82, 2.24) is 4.57 Å². The molecule has 0 saturated heterocycles. The van der Waals surface area contributed by atoms with Crippen LogP contribution in [0, 0.1) is 6.92 Å². The Kier molecular flexibility index (Phi) is 6.26. The Balaban J connectivity index is 1.98. The Bertz CT molecular complexity index is 1280. The van der Waals surface area contributed by atoms with Crippen LogP contribution in [0.4, 0.5) is 11.4 Å². The molecule has 160 valence electrons. The maximum Gasteiger partial charge on any atom is 0.307 e. The highest BCUT2D eigenvalue weighted by molar-refractivity contribution is 7.92. The van der Waals surface area contributed by atoms with E-state index < -0.39 is 22.0 Å². The molecule has 1 N–H and O–H groups in total. The van der Waals surface area contributed by atoms with Crippen molar-refractivity contribution in [2.24, 2.45) is 7.05 Å². The number of halogens is 1. The fourth-order valence-electron chi connectivity index (χ4n) is 3.29. The lowest BCUT2D eigenvalue weighted by Crippen LogP contribution is -2.47. The van der Waals surface area contributed by atoms with E-state index in [4.69, 9.17) is 11.6 Å². The highest BCUT2D eigenvalue weighted by atomic mass is 35.5. The number of aromatic nitrogens is 1. The number of thiazole rings is 1. The zero-order valence-corrected chi connectivity index (χ0v) is 19.4. The fraction of sp³-hybridized carbons (Fsp3) is 0.300. The van der Waals surface area contributed by atoms with Crippen molar-refractivity contribution >= 4 is 60.5 Å². The SMILES string of the molecule is CC[C@H](C(=O)Nc1ccc2c(c1)sc(=O)n2C)N(c1cc(Cl)ccc1C)S(C)(=O)=O. The third-order valence-corrected chi connectivity index (χ3v) is 7.19. The van der Waals surface area contributed by atoms with Gasteiger partial charge in [-0.25, -0.2) is 8.42 Å². The predicted octanol–water partition coefficient (Wildman–Crippen LogP) is 3.75. The lowest BCUT2D eigenvalue weighted by atomic mass is 10.1. The van der Waals surface area contributed by atoms with E-state index >= 15 is 0 Å². The summed E-state index contributed by atoms with van der Waals surface area (Å²) in [6.07, 6.45) is 1.32. The Hall–Kier alpha value is -2.36. The lowest BCUT2D eigenvalue weighted by Gasteiger charge is -2.31. The number of benzene rings is 2. The van der Waals surface area contributed by atoms with Gasteiger partial charge in [0.25, 0.3) is 0 Å². The van der Waals surface area contributed by atoms with E-state index in [2.05, 4.69) is 5.32 Å². The number of aryl methyl sites for hydroxylation is 2. The largest absolute Gasteiger partial charge is 0.324 e. The van der Waals surface area contributed by atoms with Crippen LogP contribution in [0.1, 0.15) is 18.9 Å². The van der Waals surface area contributed by atoms with Gasteiger partial charge >= 0.3 is 4.87 Å². The molecule has 0 aliphatic heterocycles. The second-order valence-corrected chi connectivity index (χ2v) is 10.3. The molecule has 1 aromatic heterocycles. The van der Waals surface area contributed by atoms with Gasteiger partial charge in [-0.15, -0.1) is 0 Å². The zero-order chi connectivity index (χ0) is 22.2. The molecule has 0 spiro atoms. The number of amides is 1. The van der Waals surface area contributed by atoms with Gasteiger partial charge in [0.2, 0.25) is 15.9 Å². The van der Waals surface area contributed by atoms with Crippen LogP contribution in [0.2, 0.25) is 5.02 Å². The molecule has 10 heteroatoms. The van der Waals surface area contributed by atoms with E-state index in [1.165, 1.54) is 4.57 Å². The quantitative estimate of drug-likeness (QED) is 0.598. The first-order valence-corrected chi connectivity index (χ1v) is 12.2. The summed E-state index contributed by atoms with van der Waals surface area (Å²) >= 11 is 7.17. The number of carbonyl (C=O) groups is 1. The maximum absolute atomic E-state index is 13.1. The van der Waals surface area contributed by atoms with E-state index in [1.54, 1.807) is 57.3 Å². The Labute approximate surface area is 183 Å². The molecule has 2 aromatic carbocycles. The zero-order valence-electron chi connectivity index (χ0n) is 17.0. The van der Waals surface area contributed by atoms with E-state index in [9.17, 15) is 18.0 Å². The Morgan fingerprint density at radius 1 is 1.27 bits per heavy atom. The van der Waals surface area contributed by atoms with Crippen molar-refractivity contribution in [3.63, 3.8) is 0 Å². The first-order chi connectivity index (χ1) is 14.0. The maximum atomic E-state index is 13.1. The van der Waals surface area contributed by atoms with Crippen LogP contribution in [-0.2, 0) is 21.9 Å². The van der Waals surface area contributed by atoms with Crippen molar-refractivity contribution in [3.05, 3.63) is 56.7 Å². The molecule has 0 radical (unpaired) electrons. The molecule has 0 aliphatic carbocycles. The standard InChI is InChI=1S/C20H22ClN3O4S2/c1-5-15(24(30(4,27)28)17-10-13(21)7-6-12(17)2)19(25)22-14-8-9-16-18(11-14)29-20(26)23(16)3/h6-11,15H,5H2,1-4H3,(H,22,25)/t15-/m1/s1. The summed E-state index contributed by atoms with van der Waals surface area (Å²) in [7, 11) is -2.09. The summed E-state index contributed by atoms with van der Waals surface area (Å²) in [6, 6.07) is 9.10. The molecule has 0 bridgehead atoms. The topological polar surface area (TPSA) is 88.5 Å². The summed E-state index contributed by atoms with van der Waals surface area (Å²) in [6.45, 7) is 3.51. The van der Waals surface area contributed by atoms with Gasteiger partial charge in [-0.3, -0.25) is 13.9 Å². The van der Waals surface area contributed by atoms with E-state index in [0.29, 0.717) is 22.0 Å². The first kappa shape index (κ1) is 22.3. The van der Waals surface area contributed by atoms with Crippen molar-refractivity contribution in [2.75, 3.05) is 15.9 Å². The molecule has 1 heterocycles. The number of anilines is 2. The minimum atomic E-state index is -3.77. The Morgan fingerprint density at radius 2 is 1.97 bits per heavy atom. The third-order valence-electron chi connectivity index (χ3n) is 4.80. The molecule has 3 rings (SSSR count). The monoisotopic (exact) mass is 467 g/mol. The van der Waals surface area contributed by atoms with Gasteiger partial charge in [0.05, 0.1) is 22.2 Å². The van der Waals surface area contributed by atoms with E-state index in [0.717, 1.165) is 32.1 Å². The van der Waals surface area contributed by atoms with Crippen LogP contribution in [0.3, 0.4) is 0 Å².